The summed E-state index contributed by atoms with van der Waals surface area (Å²) in [5, 5.41) is 3.30. The van der Waals surface area contributed by atoms with Gasteiger partial charge < -0.3 is 14.6 Å². The van der Waals surface area contributed by atoms with Gasteiger partial charge in [-0.2, -0.15) is 0 Å². The molecular formula is C15H20FN3O. The Morgan fingerprint density at radius 1 is 1.40 bits per heavy atom. The fourth-order valence-electron chi connectivity index (χ4n) is 1.93. The first kappa shape index (κ1) is 14.5. The van der Waals surface area contributed by atoms with E-state index in [0.717, 1.165) is 5.69 Å². The molecule has 0 amide bonds. The van der Waals surface area contributed by atoms with Gasteiger partial charge in [0, 0.05) is 24.3 Å². The van der Waals surface area contributed by atoms with Crippen LogP contribution < -0.4 is 10.1 Å². The van der Waals surface area contributed by atoms with Gasteiger partial charge in [-0.15, -0.1) is 0 Å². The molecule has 4 nitrogen and oxygen atoms in total. The van der Waals surface area contributed by atoms with Gasteiger partial charge in [-0.05, 0) is 6.07 Å². The van der Waals surface area contributed by atoms with E-state index in [1.807, 2.05) is 10.8 Å². The lowest BCUT2D eigenvalue weighted by Crippen LogP contribution is -2.21. The molecule has 0 bridgehead atoms. The van der Waals surface area contributed by atoms with Crippen LogP contribution in [0, 0.1) is 5.82 Å². The van der Waals surface area contributed by atoms with Gasteiger partial charge in [0.2, 0.25) is 0 Å². The Morgan fingerprint density at radius 3 is 2.90 bits per heavy atom. The van der Waals surface area contributed by atoms with Crippen LogP contribution >= 0.6 is 0 Å². The Hall–Kier alpha value is -1.88. The molecule has 2 rings (SSSR count). The van der Waals surface area contributed by atoms with Gasteiger partial charge in [0.25, 0.3) is 0 Å². The van der Waals surface area contributed by atoms with E-state index in [4.69, 9.17) is 4.74 Å². The predicted molar refractivity (Wildman–Crippen MR) is 76.3 cm³/mol. The first-order valence-corrected chi connectivity index (χ1v) is 6.65. The quantitative estimate of drug-likeness (QED) is 0.882. The van der Waals surface area contributed by atoms with Crippen molar-refractivity contribution >= 4 is 0 Å². The number of imidazole rings is 1. The van der Waals surface area contributed by atoms with Crippen LogP contribution in [0.1, 0.15) is 25.1 Å². The second-order valence-electron chi connectivity index (χ2n) is 5.01. The summed E-state index contributed by atoms with van der Waals surface area (Å²) < 4.78 is 20.9. The molecule has 1 N–H and O–H groups in total. The number of nitrogens with one attached hydrogen (secondary N) is 1. The molecule has 0 aliphatic rings. The second kappa shape index (κ2) is 6.52. The molecule has 2 aromatic rings. The van der Waals surface area contributed by atoms with Crippen molar-refractivity contribution in [1.82, 2.24) is 14.9 Å². The van der Waals surface area contributed by atoms with Gasteiger partial charge in [0.1, 0.15) is 0 Å². The molecule has 20 heavy (non-hydrogen) atoms. The molecule has 5 heteroatoms. The van der Waals surface area contributed by atoms with E-state index >= 15 is 0 Å². The van der Waals surface area contributed by atoms with Crippen molar-refractivity contribution in [3.63, 3.8) is 0 Å². The molecule has 0 aliphatic carbocycles. The van der Waals surface area contributed by atoms with Crippen molar-refractivity contribution in [3.8, 4) is 5.75 Å². The van der Waals surface area contributed by atoms with E-state index in [1.165, 1.54) is 7.11 Å². The zero-order chi connectivity index (χ0) is 14.5. The molecule has 0 aliphatic heterocycles. The number of ether oxygens (including phenoxy) is 1. The van der Waals surface area contributed by atoms with Crippen LogP contribution in [-0.4, -0.2) is 22.7 Å². The first-order chi connectivity index (χ1) is 9.60. The maximum Gasteiger partial charge on any atom is 0.170 e. The minimum atomic E-state index is -0.314. The third-order valence-electron chi connectivity index (χ3n) is 2.99. The number of aromatic nitrogens is 2. The highest BCUT2D eigenvalue weighted by Gasteiger charge is 2.09. The van der Waals surface area contributed by atoms with E-state index in [1.54, 1.807) is 24.5 Å². The molecule has 108 valence electrons. The third kappa shape index (κ3) is 3.57. The minimum absolute atomic E-state index is 0.268. The maximum absolute atomic E-state index is 14.0. The summed E-state index contributed by atoms with van der Waals surface area (Å²) in [5.74, 6) is -0.0464. The average Bonchev–Trinajstić information content (AvgIpc) is 2.86. The fraction of sp³-hybridized carbons (Fsp3) is 0.400. The number of hydrogen-bond donors (Lipinski definition) is 1. The van der Waals surface area contributed by atoms with E-state index < -0.39 is 0 Å². The van der Waals surface area contributed by atoms with Gasteiger partial charge in [-0.25, -0.2) is 9.37 Å². The minimum Gasteiger partial charge on any atom is -0.494 e. The molecule has 1 heterocycles. The Morgan fingerprint density at radius 2 is 2.20 bits per heavy atom. The number of rotatable bonds is 6. The van der Waals surface area contributed by atoms with Crippen LogP contribution in [-0.2, 0) is 13.1 Å². The van der Waals surface area contributed by atoms with E-state index in [0.29, 0.717) is 24.7 Å². The highest BCUT2D eigenvalue weighted by atomic mass is 19.1. The predicted octanol–water partition coefficient (Wildman–Crippen LogP) is 2.58. The zero-order valence-electron chi connectivity index (χ0n) is 12.1. The molecule has 0 atom stereocenters. The molecule has 1 aromatic carbocycles. The Balaban J connectivity index is 2.07. The first-order valence-electron chi connectivity index (χ1n) is 6.65. The van der Waals surface area contributed by atoms with Crippen molar-refractivity contribution in [2.24, 2.45) is 0 Å². The van der Waals surface area contributed by atoms with Gasteiger partial charge in [0.05, 0.1) is 25.7 Å². The van der Waals surface area contributed by atoms with Crippen LogP contribution in [0.3, 0.4) is 0 Å². The third-order valence-corrected chi connectivity index (χ3v) is 2.99. The van der Waals surface area contributed by atoms with Crippen molar-refractivity contribution in [3.05, 3.63) is 47.8 Å². The number of halogens is 1. The molecule has 1 aromatic heterocycles. The number of benzene rings is 1. The topological polar surface area (TPSA) is 39.1 Å². The largest absolute Gasteiger partial charge is 0.494 e. The Labute approximate surface area is 118 Å². The lowest BCUT2D eigenvalue weighted by Gasteiger charge is -2.08. The molecule has 0 saturated carbocycles. The lowest BCUT2D eigenvalue weighted by atomic mass is 10.2. The zero-order valence-corrected chi connectivity index (χ0v) is 12.1. The normalized spacial score (nSPS) is 11.1. The number of methoxy groups -OCH3 is 1. The smallest absolute Gasteiger partial charge is 0.170 e. The van der Waals surface area contributed by atoms with Crippen LogP contribution in [0.4, 0.5) is 4.39 Å². The SMILES string of the molecule is COc1cccc(Cn2cnc(CNC(C)C)c2)c1F. The van der Waals surface area contributed by atoms with Crippen molar-refractivity contribution in [1.29, 1.82) is 0 Å². The van der Waals surface area contributed by atoms with Crippen LogP contribution in [0.2, 0.25) is 0 Å². The fourth-order valence-corrected chi connectivity index (χ4v) is 1.93. The van der Waals surface area contributed by atoms with Gasteiger partial charge >= 0.3 is 0 Å². The molecular weight excluding hydrogens is 257 g/mol. The average molecular weight is 277 g/mol. The second-order valence-corrected chi connectivity index (χ2v) is 5.01. The lowest BCUT2D eigenvalue weighted by molar-refractivity contribution is 0.383. The summed E-state index contributed by atoms with van der Waals surface area (Å²) in [6.07, 6.45) is 3.64. The van der Waals surface area contributed by atoms with Gasteiger partial charge in [0.15, 0.2) is 11.6 Å². The van der Waals surface area contributed by atoms with Crippen LogP contribution in [0.5, 0.6) is 5.75 Å². The summed E-state index contributed by atoms with van der Waals surface area (Å²) >= 11 is 0. The van der Waals surface area contributed by atoms with E-state index in [2.05, 4.69) is 24.1 Å². The Bertz CT molecular complexity index is 566. The van der Waals surface area contributed by atoms with E-state index in [9.17, 15) is 4.39 Å². The highest BCUT2D eigenvalue weighted by molar-refractivity contribution is 5.31. The number of hydrogen-bond acceptors (Lipinski definition) is 3. The monoisotopic (exact) mass is 277 g/mol. The van der Waals surface area contributed by atoms with Crippen molar-refractivity contribution in [2.75, 3.05) is 7.11 Å². The molecule has 0 unspecified atom stereocenters. The number of nitrogens with zero attached hydrogens (tertiary/aromatic N) is 2. The van der Waals surface area contributed by atoms with Gasteiger partial charge in [-0.1, -0.05) is 26.0 Å². The maximum atomic E-state index is 14.0. The summed E-state index contributed by atoms with van der Waals surface area (Å²) in [4.78, 5) is 4.30. The summed E-state index contributed by atoms with van der Waals surface area (Å²) in [7, 11) is 1.47. The summed E-state index contributed by atoms with van der Waals surface area (Å²) in [6, 6.07) is 5.57. The standard InChI is InChI=1S/C15H20FN3O/c1-11(2)17-7-13-9-19(10-18-13)8-12-5-4-6-14(20-3)15(12)16/h4-6,9-11,17H,7-8H2,1-3H3. The summed E-state index contributed by atoms with van der Waals surface area (Å²) in [5.41, 5.74) is 1.53. The van der Waals surface area contributed by atoms with Crippen LogP contribution in [0.15, 0.2) is 30.7 Å². The molecule has 0 radical (unpaired) electrons. The summed E-state index contributed by atoms with van der Waals surface area (Å²) in [6.45, 7) is 5.33. The molecule has 0 saturated heterocycles. The van der Waals surface area contributed by atoms with E-state index in [-0.39, 0.29) is 11.6 Å². The Kier molecular flexibility index (Phi) is 4.74. The highest BCUT2D eigenvalue weighted by Crippen LogP contribution is 2.20. The van der Waals surface area contributed by atoms with Crippen molar-refractivity contribution < 1.29 is 9.13 Å². The van der Waals surface area contributed by atoms with Crippen LogP contribution in [0.25, 0.3) is 0 Å². The van der Waals surface area contributed by atoms with Crippen molar-refractivity contribution in [2.45, 2.75) is 33.0 Å². The molecule has 0 fully saturated rings. The molecule has 0 spiro atoms. The van der Waals surface area contributed by atoms with Gasteiger partial charge in [-0.3, -0.25) is 0 Å².